The molecule has 0 aliphatic carbocycles. The van der Waals surface area contributed by atoms with Crippen LogP contribution >= 0.6 is 0 Å². The van der Waals surface area contributed by atoms with Gasteiger partial charge in [0.1, 0.15) is 0 Å². The van der Waals surface area contributed by atoms with Crippen LogP contribution in [0.15, 0.2) is 0 Å². The minimum absolute atomic E-state index is 0.000673. The molecular formula is C18H24N2O6. The number of hydrogen-bond acceptors (Lipinski definition) is 8. The molecule has 0 heterocycles. The van der Waals surface area contributed by atoms with Crippen molar-refractivity contribution in [2.45, 2.75) is 77.0 Å². The van der Waals surface area contributed by atoms with Crippen molar-refractivity contribution in [1.82, 2.24) is 0 Å². The van der Waals surface area contributed by atoms with Crippen molar-refractivity contribution in [3.63, 3.8) is 0 Å². The van der Waals surface area contributed by atoms with Crippen molar-refractivity contribution < 1.29 is 28.7 Å². The first-order valence-corrected chi connectivity index (χ1v) is 8.70. The lowest BCUT2D eigenvalue weighted by atomic mass is 10.2. The molecule has 0 aliphatic heterocycles. The van der Waals surface area contributed by atoms with E-state index in [1.54, 1.807) is 0 Å². The molecule has 142 valence electrons. The summed E-state index contributed by atoms with van der Waals surface area (Å²) in [6, 6.07) is 3.93. The molecule has 0 aromatic carbocycles. The maximum absolute atomic E-state index is 11.4. The van der Waals surface area contributed by atoms with E-state index in [0.717, 1.165) is 0 Å². The van der Waals surface area contributed by atoms with E-state index in [1.165, 1.54) is 0 Å². The number of nitrogens with zero attached hydrogens (tertiary/aromatic N) is 2. The fourth-order valence-electron chi connectivity index (χ4n) is 1.94. The fraction of sp³-hybridized carbons (Fsp3) is 0.667. The van der Waals surface area contributed by atoms with Crippen LogP contribution in [-0.4, -0.2) is 23.9 Å². The summed E-state index contributed by atoms with van der Waals surface area (Å²) in [6.07, 6.45) is 3.74. The highest BCUT2D eigenvalue weighted by Crippen LogP contribution is 2.07. The van der Waals surface area contributed by atoms with Crippen LogP contribution < -0.4 is 0 Å². The molecule has 0 N–H and O–H groups in total. The van der Waals surface area contributed by atoms with Crippen LogP contribution in [0, 0.1) is 22.7 Å². The van der Waals surface area contributed by atoms with Gasteiger partial charge < -0.3 is 9.47 Å². The number of ether oxygens (including phenoxy) is 2. The van der Waals surface area contributed by atoms with Crippen LogP contribution in [0.4, 0.5) is 0 Å². The van der Waals surface area contributed by atoms with Crippen LogP contribution in [-0.2, 0) is 28.7 Å². The van der Waals surface area contributed by atoms with E-state index in [9.17, 15) is 19.2 Å². The number of carbonyl (C=O) groups is 4. The first-order chi connectivity index (χ1) is 12.5. The zero-order valence-electron chi connectivity index (χ0n) is 14.8. The normalized spacial score (nSPS) is 9.62. The Morgan fingerprint density at radius 1 is 0.538 bits per heavy atom. The first kappa shape index (κ1) is 23.3. The monoisotopic (exact) mass is 364 g/mol. The Bertz CT molecular complexity index is 509. The van der Waals surface area contributed by atoms with E-state index >= 15 is 0 Å². The number of esters is 4. The molecular weight excluding hydrogens is 340 g/mol. The molecule has 0 spiro atoms. The minimum atomic E-state index is -0.655. The van der Waals surface area contributed by atoms with Gasteiger partial charge in [-0.2, -0.15) is 10.5 Å². The van der Waals surface area contributed by atoms with Gasteiger partial charge in [0.25, 0.3) is 0 Å². The van der Waals surface area contributed by atoms with Gasteiger partial charge >= 0.3 is 23.9 Å². The molecule has 0 aromatic rings. The zero-order valence-corrected chi connectivity index (χ0v) is 14.8. The maximum Gasteiger partial charge on any atom is 0.313 e. The SMILES string of the molecule is N#CCCCCC(=O)OC(=O)CCCCC(=O)OC(=O)CCCCC#N. The molecule has 0 aliphatic rings. The van der Waals surface area contributed by atoms with E-state index in [2.05, 4.69) is 9.47 Å². The Hall–Kier alpha value is -2.74. The predicted octanol–water partition coefficient (Wildman–Crippen LogP) is 2.85. The summed E-state index contributed by atoms with van der Waals surface area (Å²) in [5.41, 5.74) is 0. The molecule has 0 atom stereocenters. The summed E-state index contributed by atoms with van der Waals surface area (Å²) in [5.74, 6) is -2.54. The number of rotatable bonds is 13. The molecule has 8 heteroatoms. The molecule has 0 bridgehead atoms. The molecule has 0 aromatic heterocycles. The summed E-state index contributed by atoms with van der Waals surface area (Å²) in [7, 11) is 0. The molecule has 0 amide bonds. The van der Waals surface area contributed by atoms with Crippen LogP contribution in [0.2, 0.25) is 0 Å². The lowest BCUT2D eigenvalue weighted by Gasteiger charge is -2.04. The lowest BCUT2D eigenvalue weighted by molar-refractivity contribution is -0.162. The van der Waals surface area contributed by atoms with Crippen molar-refractivity contribution >= 4 is 23.9 Å². The van der Waals surface area contributed by atoms with Gasteiger partial charge in [0.2, 0.25) is 0 Å². The summed E-state index contributed by atoms with van der Waals surface area (Å²) in [4.78, 5) is 45.6. The summed E-state index contributed by atoms with van der Waals surface area (Å²) >= 11 is 0. The smallest absolute Gasteiger partial charge is 0.313 e. The third-order valence-corrected chi connectivity index (χ3v) is 3.31. The number of nitriles is 2. The largest absolute Gasteiger partial charge is 0.393 e. The van der Waals surface area contributed by atoms with Gasteiger partial charge in [-0.3, -0.25) is 19.2 Å². The standard InChI is InChI=1S/C18H24N2O6/c19-13-7-1-3-9-15(21)25-17(23)11-5-6-12-18(24)26-16(22)10-4-2-8-14-20/h1-12H2. The highest BCUT2D eigenvalue weighted by molar-refractivity contribution is 5.86. The van der Waals surface area contributed by atoms with E-state index in [1.807, 2.05) is 12.1 Å². The molecule has 0 unspecified atom stereocenters. The van der Waals surface area contributed by atoms with Gasteiger partial charge in [-0.25, -0.2) is 0 Å². The van der Waals surface area contributed by atoms with Crippen molar-refractivity contribution in [1.29, 1.82) is 10.5 Å². The molecule has 8 nitrogen and oxygen atoms in total. The molecule has 0 radical (unpaired) electrons. The fourth-order valence-corrected chi connectivity index (χ4v) is 1.94. The average molecular weight is 364 g/mol. The molecule has 0 saturated heterocycles. The van der Waals surface area contributed by atoms with Crippen LogP contribution in [0.1, 0.15) is 77.0 Å². The Morgan fingerprint density at radius 3 is 1.08 bits per heavy atom. The Morgan fingerprint density at radius 2 is 0.808 bits per heavy atom. The Balaban J connectivity index is 3.68. The van der Waals surface area contributed by atoms with Gasteiger partial charge in [-0.15, -0.1) is 0 Å². The number of carbonyl (C=O) groups excluding carboxylic acids is 4. The maximum atomic E-state index is 11.4. The van der Waals surface area contributed by atoms with Gasteiger partial charge in [-0.1, -0.05) is 0 Å². The van der Waals surface area contributed by atoms with Crippen LogP contribution in [0.25, 0.3) is 0 Å². The summed E-state index contributed by atoms with van der Waals surface area (Å²) in [6.45, 7) is 0. The van der Waals surface area contributed by atoms with E-state index in [-0.39, 0.29) is 25.7 Å². The van der Waals surface area contributed by atoms with Crippen molar-refractivity contribution in [2.24, 2.45) is 0 Å². The Labute approximate surface area is 153 Å². The summed E-state index contributed by atoms with van der Waals surface area (Å²) in [5, 5.41) is 16.7. The molecule has 0 saturated carbocycles. The van der Waals surface area contributed by atoms with Crippen molar-refractivity contribution in [3.8, 4) is 12.1 Å². The summed E-state index contributed by atoms with van der Waals surface area (Å²) < 4.78 is 9.22. The third-order valence-electron chi connectivity index (χ3n) is 3.31. The molecule has 0 fully saturated rings. The third kappa shape index (κ3) is 14.8. The average Bonchev–Trinajstić information content (AvgIpc) is 2.59. The van der Waals surface area contributed by atoms with Gasteiger partial charge in [0, 0.05) is 38.5 Å². The van der Waals surface area contributed by atoms with Crippen LogP contribution in [0.3, 0.4) is 0 Å². The molecule has 26 heavy (non-hydrogen) atoms. The van der Waals surface area contributed by atoms with Crippen molar-refractivity contribution in [3.05, 3.63) is 0 Å². The van der Waals surface area contributed by atoms with E-state index in [0.29, 0.717) is 51.4 Å². The lowest BCUT2D eigenvalue weighted by Crippen LogP contribution is -2.13. The van der Waals surface area contributed by atoms with Crippen LogP contribution in [0.5, 0.6) is 0 Å². The molecule has 0 rings (SSSR count). The zero-order chi connectivity index (χ0) is 19.6. The quantitative estimate of drug-likeness (QED) is 0.276. The topological polar surface area (TPSA) is 134 Å². The predicted molar refractivity (Wildman–Crippen MR) is 88.8 cm³/mol. The van der Waals surface area contributed by atoms with E-state index < -0.39 is 23.9 Å². The van der Waals surface area contributed by atoms with Gasteiger partial charge in [0.15, 0.2) is 0 Å². The Kier molecular flexibility index (Phi) is 14.1. The second kappa shape index (κ2) is 15.8. The van der Waals surface area contributed by atoms with E-state index in [4.69, 9.17) is 10.5 Å². The first-order valence-electron chi connectivity index (χ1n) is 8.70. The minimum Gasteiger partial charge on any atom is -0.393 e. The van der Waals surface area contributed by atoms with Gasteiger partial charge in [0.05, 0.1) is 12.1 Å². The number of unbranched alkanes of at least 4 members (excludes halogenated alkanes) is 5. The second-order valence-electron chi connectivity index (χ2n) is 5.63. The second-order valence-corrected chi connectivity index (χ2v) is 5.63. The highest BCUT2D eigenvalue weighted by Gasteiger charge is 2.12. The van der Waals surface area contributed by atoms with Gasteiger partial charge in [-0.05, 0) is 38.5 Å². The number of hydrogen-bond donors (Lipinski definition) is 0. The highest BCUT2D eigenvalue weighted by atomic mass is 16.6. The van der Waals surface area contributed by atoms with Crippen molar-refractivity contribution in [2.75, 3.05) is 0 Å².